The number of ketones is 1. The second-order valence-corrected chi connectivity index (χ2v) is 8.84. The summed E-state index contributed by atoms with van der Waals surface area (Å²) in [7, 11) is 0. The van der Waals surface area contributed by atoms with Crippen LogP contribution in [0.3, 0.4) is 0 Å². The Morgan fingerprint density at radius 3 is 2.62 bits per heavy atom. The first-order chi connectivity index (χ1) is 16.4. The lowest BCUT2D eigenvalue weighted by molar-refractivity contribution is -0.140. The van der Waals surface area contributed by atoms with Gasteiger partial charge in [-0.15, -0.1) is 0 Å². The SMILES string of the molecule is CCN(CC)CCCN1C(=O)C(=O)/C(=C(/O)c2c(C)nc3ccccn23)C1c1cccc(Cl)c1. The van der Waals surface area contributed by atoms with Crippen LogP contribution in [0.15, 0.2) is 54.2 Å². The average molecular weight is 481 g/mol. The van der Waals surface area contributed by atoms with Crippen molar-refractivity contribution < 1.29 is 14.7 Å². The van der Waals surface area contributed by atoms with Crippen molar-refractivity contribution in [1.29, 1.82) is 0 Å². The summed E-state index contributed by atoms with van der Waals surface area (Å²) in [6.07, 6.45) is 2.49. The molecule has 3 aromatic rings. The normalized spacial score (nSPS) is 17.9. The summed E-state index contributed by atoms with van der Waals surface area (Å²) >= 11 is 6.27. The molecule has 1 atom stereocenters. The van der Waals surface area contributed by atoms with Crippen LogP contribution < -0.4 is 0 Å². The van der Waals surface area contributed by atoms with Gasteiger partial charge in [0.05, 0.1) is 17.3 Å². The van der Waals surface area contributed by atoms with E-state index in [-0.39, 0.29) is 11.3 Å². The summed E-state index contributed by atoms with van der Waals surface area (Å²) in [6, 6.07) is 11.9. The van der Waals surface area contributed by atoms with Crippen molar-refractivity contribution in [3.8, 4) is 0 Å². The standard InChI is InChI=1S/C26H29ClN4O3/c1-4-29(5-2)13-9-15-31-23(18-10-8-11-19(27)16-18)21(25(33)26(31)34)24(32)22-17(3)28-20-12-6-7-14-30(20)22/h6-8,10-12,14,16,23,32H,4-5,9,13,15H2,1-3H3/b24-21+. The highest BCUT2D eigenvalue weighted by molar-refractivity contribution is 6.46. The van der Waals surface area contributed by atoms with Crippen LogP contribution in [-0.2, 0) is 9.59 Å². The fourth-order valence-electron chi connectivity index (χ4n) is 4.66. The van der Waals surface area contributed by atoms with Gasteiger partial charge in [0.15, 0.2) is 5.76 Å². The van der Waals surface area contributed by atoms with E-state index in [9.17, 15) is 14.7 Å². The maximum Gasteiger partial charge on any atom is 0.295 e. The van der Waals surface area contributed by atoms with Crippen molar-refractivity contribution in [1.82, 2.24) is 19.2 Å². The Labute approximate surface area is 204 Å². The van der Waals surface area contributed by atoms with Crippen LogP contribution in [0.4, 0.5) is 0 Å². The predicted molar refractivity (Wildman–Crippen MR) is 133 cm³/mol. The van der Waals surface area contributed by atoms with E-state index in [0.717, 1.165) is 19.6 Å². The number of nitrogens with zero attached hydrogens (tertiary/aromatic N) is 4. The van der Waals surface area contributed by atoms with E-state index in [1.54, 1.807) is 40.6 Å². The smallest absolute Gasteiger partial charge is 0.295 e. The molecule has 0 aliphatic carbocycles. The molecular weight excluding hydrogens is 452 g/mol. The third kappa shape index (κ3) is 4.33. The molecule has 178 valence electrons. The molecule has 34 heavy (non-hydrogen) atoms. The Morgan fingerprint density at radius 2 is 1.91 bits per heavy atom. The zero-order chi connectivity index (χ0) is 24.4. The van der Waals surface area contributed by atoms with Crippen LogP contribution in [0.5, 0.6) is 0 Å². The molecule has 3 heterocycles. The largest absolute Gasteiger partial charge is 0.505 e. The number of Topliss-reactive ketones (excluding diaryl/α,β-unsaturated/α-hetero) is 1. The molecule has 2 aromatic heterocycles. The van der Waals surface area contributed by atoms with Gasteiger partial charge in [-0.1, -0.05) is 43.6 Å². The number of halogens is 1. The van der Waals surface area contributed by atoms with Gasteiger partial charge >= 0.3 is 0 Å². The van der Waals surface area contributed by atoms with E-state index < -0.39 is 17.7 Å². The highest BCUT2D eigenvalue weighted by Gasteiger charge is 2.46. The summed E-state index contributed by atoms with van der Waals surface area (Å²) in [6.45, 7) is 9.00. The minimum Gasteiger partial charge on any atom is -0.505 e. The number of carbonyl (C=O) groups is 2. The first kappa shape index (κ1) is 24.0. The van der Waals surface area contributed by atoms with Crippen molar-refractivity contribution in [3.05, 3.63) is 76.2 Å². The molecule has 1 aliphatic rings. The predicted octanol–water partition coefficient (Wildman–Crippen LogP) is 4.45. The molecule has 0 spiro atoms. The Kier molecular flexibility index (Phi) is 7.05. The van der Waals surface area contributed by atoms with Crippen LogP contribution in [0, 0.1) is 6.92 Å². The third-order valence-corrected chi connectivity index (χ3v) is 6.64. The fraction of sp³-hybridized carbons (Fsp3) is 0.346. The Hall–Kier alpha value is -3.16. The lowest BCUT2D eigenvalue weighted by atomic mass is 9.96. The summed E-state index contributed by atoms with van der Waals surface area (Å²) in [5.41, 5.74) is 2.37. The van der Waals surface area contributed by atoms with Crippen LogP contribution in [0.2, 0.25) is 5.02 Å². The number of aromatic nitrogens is 2. The van der Waals surface area contributed by atoms with Crippen molar-refractivity contribution >= 4 is 34.7 Å². The number of pyridine rings is 1. The highest BCUT2D eigenvalue weighted by atomic mass is 35.5. The topological polar surface area (TPSA) is 78.2 Å². The minimum atomic E-state index is -0.732. The van der Waals surface area contributed by atoms with E-state index >= 15 is 0 Å². The van der Waals surface area contributed by atoms with Gasteiger partial charge in [-0.3, -0.25) is 14.0 Å². The van der Waals surface area contributed by atoms with Crippen molar-refractivity contribution in [2.24, 2.45) is 0 Å². The quantitative estimate of drug-likeness (QED) is 0.293. The zero-order valence-corrected chi connectivity index (χ0v) is 20.4. The average Bonchev–Trinajstić information content (AvgIpc) is 3.29. The summed E-state index contributed by atoms with van der Waals surface area (Å²) < 4.78 is 1.73. The summed E-state index contributed by atoms with van der Waals surface area (Å²) in [5.74, 6) is -1.54. The molecule has 8 heteroatoms. The number of benzene rings is 1. The number of carbonyl (C=O) groups excluding carboxylic acids is 2. The van der Waals surface area contributed by atoms with Gasteiger partial charge in [0.2, 0.25) is 0 Å². The molecule has 0 radical (unpaired) electrons. The number of hydrogen-bond donors (Lipinski definition) is 1. The minimum absolute atomic E-state index is 0.0591. The van der Waals surface area contributed by atoms with Gasteiger partial charge in [0, 0.05) is 17.8 Å². The van der Waals surface area contributed by atoms with Crippen molar-refractivity contribution in [3.63, 3.8) is 0 Å². The molecule has 0 saturated carbocycles. The second kappa shape index (κ2) is 9.99. The number of imidazole rings is 1. The van der Waals surface area contributed by atoms with E-state index in [1.807, 2.05) is 24.3 Å². The molecular formula is C26H29ClN4O3. The van der Waals surface area contributed by atoms with E-state index in [2.05, 4.69) is 23.7 Å². The molecule has 1 saturated heterocycles. The number of rotatable bonds is 8. The van der Waals surface area contributed by atoms with Gasteiger partial charge < -0.3 is 14.9 Å². The zero-order valence-electron chi connectivity index (χ0n) is 19.7. The Morgan fingerprint density at radius 1 is 1.15 bits per heavy atom. The third-order valence-electron chi connectivity index (χ3n) is 6.40. The summed E-state index contributed by atoms with van der Waals surface area (Å²) in [5, 5.41) is 12.0. The lowest BCUT2D eigenvalue weighted by Gasteiger charge is -2.27. The monoisotopic (exact) mass is 480 g/mol. The number of aliphatic hydroxyl groups excluding tert-OH is 1. The van der Waals surface area contributed by atoms with Crippen LogP contribution in [0.25, 0.3) is 11.4 Å². The number of aryl methyl sites for hydroxylation is 1. The molecule has 1 fully saturated rings. The fourth-order valence-corrected chi connectivity index (χ4v) is 4.86. The van der Waals surface area contributed by atoms with Crippen molar-refractivity contribution in [2.45, 2.75) is 33.2 Å². The van der Waals surface area contributed by atoms with E-state index in [1.165, 1.54) is 0 Å². The molecule has 0 bridgehead atoms. The number of hydrogen-bond acceptors (Lipinski definition) is 5. The molecule has 7 nitrogen and oxygen atoms in total. The number of amides is 1. The van der Waals surface area contributed by atoms with Crippen molar-refractivity contribution in [2.75, 3.05) is 26.2 Å². The highest BCUT2D eigenvalue weighted by Crippen LogP contribution is 2.40. The molecule has 1 N–H and O–H groups in total. The Balaban J connectivity index is 1.82. The van der Waals surface area contributed by atoms with E-state index in [0.29, 0.717) is 40.6 Å². The molecule has 1 aromatic carbocycles. The lowest BCUT2D eigenvalue weighted by Crippen LogP contribution is -2.33. The van der Waals surface area contributed by atoms with Gasteiger partial charge in [0.1, 0.15) is 11.3 Å². The number of aliphatic hydroxyl groups is 1. The molecule has 1 unspecified atom stereocenters. The van der Waals surface area contributed by atoms with Gasteiger partial charge in [0.25, 0.3) is 11.7 Å². The van der Waals surface area contributed by atoms with Crippen LogP contribution in [0.1, 0.15) is 43.3 Å². The van der Waals surface area contributed by atoms with Gasteiger partial charge in [-0.05, 0) is 62.8 Å². The van der Waals surface area contributed by atoms with Gasteiger partial charge in [-0.25, -0.2) is 4.98 Å². The first-order valence-electron chi connectivity index (χ1n) is 11.6. The second-order valence-electron chi connectivity index (χ2n) is 8.40. The first-order valence-corrected chi connectivity index (χ1v) is 11.9. The van der Waals surface area contributed by atoms with E-state index in [4.69, 9.17) is 11.6 Å². The summed E-state index contributed by atoms with van der Waals surface area (Å²) in [4.78, 5) is 34.8. The molecule has 1 amide bonds. The number of likely N-dealkylation sites (tertiary alicyclic amines) is 1. The van der Waals surface area contributed by atoms with Gasteiger partial charge in [-0.2, -0.15) is 0 Å². The Bertz CT molecular complexity index is 1260. The van der Waals surface area contributed by atoms with Crippen LogP contribution >= 0.6 is 11.6 Å². The molecule has 4 rings (SSSR count). The molecule has 1 aliphatic heterocycles. The number of fused-ring (bicyclic) bond motifs is 1. The van der Waals surface area contributed by atoms with Crippen LogP contribution in [-0.4, -0.2) is 62.2 Å². The maximum absolute atomic E-state index is 13.3. The maximum atomic E-state index is 13.3.